The van der Waals surface area contributed by atoms with Gasteiger partial charge in [-0.3, -0.25) is 14.3 Å². The summed E-state index contributed by atoms with van der Waals surface area (Å²) in [4.78, 5) is 29.7. The van der Waals surface area contributed by atoms with E-state index in [9.17, 15) is 14.7 Å². The molecule has 8 nitrogen and oxygen atoms in total. The molecule has 8 heteroatoms. The van der Waals surface area contributed by atoms with Gasteiger partial charge < -0.3 is 20.3 Å². The molecule has 0 saturated heterocycles. The van der Waals surface area contributed by atoms with E-state index in [0.29, 0.717) is 12.1 Å². The van der Waals surface area contributed by atoms with Crippen LogP contribution in [0.15, 0.2) is 36.7 Å². The Morgan fingerprint density at radius 1 is 1.36 bits per heavy atom. The van der Waals surface area contributed by atoms with Crippen LogP contribution < -0.4 is 5.32 Å². The predicted octanol–water partition coefficient (Wildman–Crippen LogP) is 1.57. The van der Waals surface area contributed by atoms with Crippen molar-refractivity contribution in [3.8, 4) is 5.75 Å². The fourth-order valence-corrected chi connectivity index (χ4v) is 3.59. The number of carbonyl (C=O) groups is 2. The molecule has 2 heterocycles. The number of hydrogen-bond acceptors (Lipinski definition) is 4. The first-order chi connectivity index (χ1) is 13.4. The van der Waals surface area contributed by atoms with Gasteiger partial charge in [-0.1, -0.05) is 0 Å². The first-order valence-electron chi connectivity index (χ1n) is 9.25. The fourth-order valence-electron chi connectivity index (χ4n) is 3.59. The molecule has 0 radical (unpaired) electrons. The monoisotopic (exact) mass is 381 g/mol. The summed E-state index contributed by atoms with van der Waals surface area (Å²) in [5, 5.41) is 17.5. The number of aryl methyl sites for hydroxylation is 1. The van der Waals surface area contributed by atoms with Crippen LogP contribution in [0, 0.1) is 0 Å². The molecule has 4 rings (SSSR count). The van der Waals surface area contributed by atoms with Crippen molar-refractivity contribution in [3.05, 3.63) is 47.9 Å². The van der Waals surface area contributed by atoms with Gasteiger partial charge in [-0.2, -0.15) is 5.10 Å². The average molecular weight is 381 g/mol. The summed E-state index contributed by atoms with van der Waals surface area (Å²) in [6, 6.07) is 6.89. The summed E-state index contributed by atoms with van der Waals surface area (Å²) in [6.45, 7) is 0. The van der Waals surface area contributed by atoms with Crippen molar-refractivity contribution >= 4 is 22.7 Å². The number of H-pyrrole nitrogens is 1. The minimum atomic E-state index is -0.177. The van der Waals surface area contributed by atoms with Gasteiger partial charge in [-0.05, 0) is 36.6 Å². The third-order valence-corrected chi connectivity index (χ3v) is 5.35. The molecule has 0 spiro atoms. The van der Waals surface area contributed by atoms with Crippen molar-refractivity contribution in [2.45, 2.75) is 31.3 Å². The Kier molecular flexibility index (Phi) is 4.54. The zero-order valence-electron chi connectivity index (χ0n) is 15.8. The van der Waals surface area contributed by atoms with Crippen molar-refractivity contribution < 1.29 is 14.7 Å². The van der Waals surface area contributed by atoms with Gasteiger partial charge in [0.25, 0.3) is 5.91 Å². The lowest BCUT2D eigenvalue weighted by molar-refractivity contribution is -0.133. The van der Waals surface area contributed by atoms with Gasteiger partial charge in [0, 0.05) is 49.3 Å². The largest absolute Gasteiger partial charge is 0.508 e. The first kappa shape index (κ1) is 18.1. The lowest BCUT2D eigenvalue weighted by Crippen LogP contribution is -2.54. The van der Waals surface area contributed by atoms with Gasteiger partial charge in [0.05, 0.1) is 12.6 Å². The second-order valence-corrected chi connectivity index (χ2v) is 7.45. The molecule has 1 fully saturated rings. The van der Waals surface area contributed by atoms with Crippen LogP contribution in [-0.4, -0.2) is 55.7 Å². The van der Waals surface area contributed by atoms with E-state index in [1.54, 1.807) is 40.0 Å². The van der Waals surface area contributed by atoms with Gasteiger partial charge in [-0.25, -0.2) is 0 Å². The smallest absolute Gasteiger partial charge is 0.267 e. The van der Waals surface area contributed by atoms with E-state index in [1.165, 1.54) is 0 Å². The van der Waals surface area contributed by atoms with E-state index >= 15 is 0 Å². The molecule has 2 amide bonds. The molecular formula is C20H23N5O3. The first-order valence-corrected chi connectivity index (χ1v) is 9.25. The lowest BCUT2D eigenvalue weighted by atomic mass is 9.85. The number of aromatic amines is 1. The number of phenolic OH excluding ortho intramolecular Hbond substituents is 1. The number of rotatable bonds is 5. The Morgan fingerprint density at radius 3 is 2.86 bits per heavy atom. The van der Waals surface area contributed by atoms with Gasteiger partial charge in [-0.15, -0.1) is 0 Å². The topological polar surface area (TPSA) is 103 Å². The summed E-state index contributed by atoms with van der Waals surface area (Å²) in [5.74, 6) is 0.0313. The molecule has 1 saturated carbocycles. The molecule has 28 heavy (non-hydrogen) atoms. The highest BCUT2D eigenvalue weighted by Gasteiger charge is 2.35. The molecule has 0 unspecified atom stereocenters. The molecule has 0 aliphatic heterocycles. The van der Waals surface area contributed by atoms with Crippen LogP contribution in [0.25, 0.3) is 10.9 Å². The highest BCUT2D eigenvalue weighted by atomic mass is 16.3. The molecule has 1 aromatic carbocycles. The van der Waals surface area contributed by atoms with Crippen LogP contribution in [0.4, 0.5) is 0 Å². The number of nitrogens with zero attached hydrogens (tertiary/aromatic N) is 3. The van der Waals surface area contributed by atoms with Crippen LogP contribution in [0.2, 0.25) is 0 Å². The van der Waals surface area contributed by atoms with Crippen molar-refractivity contribution in [3.63, 3.8) is 0 Å². The second-order valence-electron chi connectivity index (χ2n) is 7.45. The zero-order chi connectivity index (χ0) is 19.8. The van der Waals surface area contributed by atoms with E-state index in [2.05, 4.69) is 15.4 Å². The van der Waals surface area contributed by atoms with Crippen LogP contribution in [-0.2, 0) is 18.3 Å². The molecule has 3 aromatic rings. The third-order valence-electron chi connectivity index (χ3n) is 5.35. The molecule has 0 bridgehead atoms. The number of benzene rings is 1. The van der Waals surface area contributed by atoms with Crippen molar-refractivity contribution in [1.29, 1.82) is 0 Å². The Bertz CT molecular complexity index is 1030. The Hall–Kier alpha value is -3.29. The number of fused-ring (bicyclic) bond motifs is 1. The number of aromatic nitrogens is 3. The molecule has 0 atom stereocenters. The number of aromatic hydroxyl groups is 1. The number of hydrogen-bond donors (Lipinski definition) is 3. The quantitative estimate of drug-likeness (QED) is 0.624. The van der Waals surface area contributed by atoms with E-state index < -0.39 is 0 Å². The van der Waals surface area contributed by atoms with E-state index in [-0.39, 0.29) is 29.6 Å². The molecule has 3 N–H and O–H groups in total. The number of carbonyl (C=O) groups excluding carboxylic acids is 2. The number of nitrogens with one attached hydrogen (secondary N) is 2. The van der Waals surface area contributed by atoms with Crippen LogP contribution in [0.3, 0.4) is 0 Å². The molecule has 2 aromatic heterocycles. The summed E-state index contributed by atoms with van der Waals surface area (Å²) >= 11 is 0. The zero-order valence-corrected chi connectivity index (χ0v) is 15.8. The minimum Gasteiger partial charge on any atom is -0.508 e. The van der Waals surface area contributed by atoms with Crippen molar-refractivity contribution in [1.82, 2.24) is 25.0 Å². The second kappa shape index (κ2) is 7.03. The molecule has 146 valence electrons. The lowest BCUT2D eigenvalue weighted by Gasteiger charge is -2.41. The maximum absolute atomic E-state index is 12.5. The van der Waals surface area contributed by atoms with Crippen LogP contribution in [0.1, 0.15) is 28.9 Å². The molecule has 1 aliphatic carbocycles. The maximum Gasteiger partial charge on any atom is 0.267 e. The number of amides is 2. The number of phenols is 1. The highest BCUT2D eigenvalue weighted by molar-refractivity contribution is 5.98. The summed E-state index contributed by atoms with van der Waals surface area (Å²) < 4.78 is 1.68. The van der Waals surface area contributed by atoms with Crippen molar-refractivity contribution in [2.75, 3.05) is 7.05 Å². The van der Waals surface area contributed by atoms with Crippen molar-refractivity contribution in [2.24, 2.45) is 7.05 Å². The number of likely N-dealkylation sites (N-methyl/N-ethyl adjacent to an activating group) is 1. The van der Waals surface area contributed by atoms with Gasteiger partial charge in [0.1, 0.15) is 11.4 Å². The Labute approximate surface area is 162 Å². The maximum atomic E-state index is 12.5. The van der Waals surface area contributed by atoms with E-state index in [4.69, 9.17) is 0 Å². The third kappa shape index (κ3) is 3.58. The van der Waals surface area contributed by atoms with Crippen LogP contribution in [0.5, 0.6) is 5.75 Å². The molecular weight excluding hydrogens is 358 g/mol. The Morgan fingerprint density at radius 2 is 2.14 bits per heavy atom. The molecule has 1 aliphatic rings. The summed E-state index contributed by atoms with van der Waals surface area (Å²) in [7, 11) is 3.64. The fraction of sp³-hybridized carbons (Fsp3) is 0.350. The standard InChI is InChI=1S/C20H23N5O3/c1-24-11-12(10-21-24)5-19(27)25(2)15-7-14(8-15)22-20(28)18-6-13-3-4-16(26)9-17(13)23-18/h3-4,6,9-11,14-15,23,26H,5,7-8H2,1-2H3,(H,22,28). The van der Waals surface area contributed by atoms with Crippen LogP contribution >= 0.6 is 0 Å². The average Bonchev–Trinajstić information content (AvgIpc) is 3.22. The SMILES string of the molecule is CN(C(=O)Cc1cnn(C)c1)C1CC(NC(=O)c2cc3ccc(O)cc3[nH]2)C1. The highest BCUT2D eigenvalue weighted by Crippen LogP contribution is 2.26. The van der Waals surface area contributed by atoms with E-state index in [1.807, 2.05) is 20.3 Å². The summed E-state index contributed by atoms with van der Waals surface area (Å²) in [5.41, 5.74) is 2.08. The normalized spacial score (nSPS) is 18.6. The van der Waals surface area contributed by atoms with E-state index in [0.717, 1.165) is 29.3 Å². The minimum absolute atomic E-state index is 0.0472. The van der Waals surface area contributed by atoms with Gasteiger partial charge in [0.2, 0.25) is 5.91 Å². The van der Waals surface area contributed by atoms with Gasteiger partial charge in [0.15, 0.2) is 0 Å². The summed E-state index contributed by atoms with van der Waals surface area (Å²) in [6.07, 6.45) is 5.36. The predicted molar refractivity (Wildman–Crippen MR) is 104 cm³/mol. The van der Waals surface area contributed by atoms with Gasteiger partial charge >= 0.3 is 0 Å². The Balaban J connectivity index is 1.29.